The van der Waals surface area contributed by atoms with Gasteiger partial charge in [0.15, 0.2) is 0 Å². The number of hydrogen-bond donors (Lipinski definition) is 1. The lowest BCUT2D eigenvalue weighted by Crippen LogP contribution is -2.50. The predicted octanol–water partition coefficient (Wildman–Crippen LogP) is 0.371. The van der Waals surface area contributed by atoms with Crippen molar-refractivity contribution in [3.05, 3.63) is 0 Å². The SMILES string of the molecule is O=C(C1CC1)N1CCCC1C(=O)N1CCC[C@@H]1CO. The first kappa shape index (κ1) is 12.9. The van der Waals surface area contributed by atoms with Gasteiger partial charge in [0.1, 0.15) is 6.04 Å². The number of aliphatic hydroxyl groups excluding tert-OH is 1. The van der Waals surface area contributed by atoms with Gasteiger partial charge >= 0.3 is 0 Å². The van der Waals surface area contributed by atoms with Gasteiger partial charge in [-0.3, -0.25) is 9.59 Å². The Morgan fingerprint density at radius 1 is 0.947 bits per heavy atom. The predicted molar refractivity (Wildman–Crippen MR) is 69.3 cm³/mol. The monoisotopic (exact) mass is 266 g/mol. The second kappa shape index (κ2) is 5.12. The van der Waals surface area contributed by atoms with E-state index in [1.54, 1.807) is 9.80 Å². The summed E-state index contributed by atoms with van der Waals surface area (Å²) in [6, 6.07) is -0.300. The van der Waals surface area contributed by atoms with Gasteiger partial charge in [0.25, 0.3) is 0 Å². The largest absolute Gasteiger partial charge is 0.394 e. The minimum absolute atomic E-state index is 0.0361. The van der Waals surface area contributed by atoms with Gasteiger partial charge in [-0.2, -0.15) is 0 Å². The molecule has 5 nitrogen and oxygen atoms in total. The standard InChI is InChI=1S/C14H22N2O3/c17-9-11-3-1-7-15(11)14(19)12-4-2-8-16(12)13(18)10-5-6-10/h10-12,17H,1-9H2/t11-,12?/m1/s1. The molecule has 3 rings (SSSR count). The Balaban J connectivity index is 1.69. The Morgan fingerprint density at radius 3 is 2.32 bits per heavy atom. The maximum absolute atomic E-state index is 12.6. The number of likely N-dealkylation sites (tertiary alicyclic amines) is 2. The highest BCUT2D eigenvalue weighted by atomic mass is 16.3. The molecule has 3 aliphatic rings. The molecule has 1 unspecified atom stereocenters. The van der Waals surface area contributed by atoms with Crippen LogP contribution in [0.3, 0.4) is 0 Å². The molecule has 2 saturated heterocycles. The van der Waals surface area contributed by atoms with Gasteiger partial charge in [0, 0.05) is 19.0 Å². The average molecular weight is 266 g/mol. The van der Waals surface area contributed by atoms with Crippen LogP contribution in [0.1, 0.15) is 38.5 Å². The molecule has 2 atom stereocenters. The summed E-state index contributed by atoms with van der Waals surface area (Å²) < 4.78 is 0. The number of aliphatic hydroxyl groups is 1. The highest BCUT2D eigenvalue weighted by Gasteiger charge is 2.43. The molecule has 106 valence electrons. The number of carbonyl (C=O) groups excluding carboxylic acids is 2. The van der Waals surface area contributed by atoms with Crippen LogP contribution in [0.4, 0.5) is 0 Å². The first-order chi connectivity index (χ1) is 9.22. The Hall–Kier alpha value is -1.10. The third-order valence-electron chi connectivity index (χ3n) is 4.62. The van der Waals surface area contributed by atoms with Gasteiger partial charge < -0.3 is 14.9 Å². The van der Waals surface area contributed by atoms with Gasteiger partial charge in [-0.15, -0.1) is 0 Å². The molecule has 0 radical (unpaired) electrons. The zero-order valence-electron chi connectivity index (χ0n) is 11.3. The van der Waals surface area contributed by atoms with Crippen molar-refractivity contribution < 1.29 is 14.7 Å². The summed E-state index contributed by atoms with van der Waals surface area (Å²) >= 11 is 0. The van der Waals surface area contributed by atoms with Gasteiger partial charge in [-0.25, -0.2) is 0 Å². The third-order valence-corrected chi connectivity index (χ3v) is 4.62. The molecule has 3 fully saturated rings. The smallest absolute Gasteiger partial charge is 0.245 e. The Morgan fingerprint density at radius 2 is 1.63 bits per heavy atom. The van der Waals surface area contributed by atoms with Crippen LogP contribution in [-0.2, 0) is 9.59 Å². The summed E-state index contributed by atoms with van der Waals surface area (Å²) in [5, 5.41) is 9.33. The van der Waals surface area contributed by atoms with Crippen LogP contribution in [0.25, 0.3) is 0 Å². The first-order valence-electron chi connectivity index (χ1n) is 7.44. The van der Waals surface area contributed by atoms with E-state index >= 15 is 0 Å². The molecule has 19 heavy (non-hydrogen) atoms. The van der Waals surface area contributed by atoms with Crippen LogP contribution in [0.5, 0.6) is 0 Å². The number of amides is 2. The zero-order valence-corrected chi connectivity index (χ0v) is 11.3. The molecule has 2 amide bonds. The van der Waals surface area contributed by atoms with Gasteiger partial charge in [-0.1, -0.05) is 0 Å². The van der Waals surface area contributed by atoms with E-state index in [0.29, 0.717) is 0 Å². The van der Waals surface area contributed by atoms with Crippen molar-refractivity contribution in [2.75, 3.05) is 19.7 Å². The number of hydrogen-bond acceptors (Lipinski definition) is 3. The summed E-state index contributed by atoms with van der Waals surface area (Å²) in [5.41, 5.74) is 0. The van der Waals surface area contributed by atoms with Crippen molar-refractivity contribution in [1.82, 2.24) is 9.80 Å². The van der Waals surface area contributed by atoms with Gasteiger partial charge in [-0.05, 0) is 38.5 Å². The van der Waals surface area contributed by atoms with Crippen LogP contribution >= 0.6 is 0 Å². The maximum atomic E-state index is 12.6. The van der Waals surface area contributed by atoms with E-state index in [2.05, 4.69) is 0 Å². The molecule has 0 bridgehead atoms. The van der Waals surface area contributed by atoms with Crippen molar-refractivity contribution in [3.8, 4) is 0 Å². The number of carbonyl (C=O) groups is 2. The summed E-state index contributed by atoms with van der Waals surface area (Å²) in [7, 11) is 0. The highest BCUT2D eigenvalue weighted by Crippen LogP contribution is 2.34. The molecule has 0 aromatic rings. The van der Waals surface area contributed by atoms with E-state index in [4.69, 9.17) is 0 Å². The van der Waals surface area contributed by atoms with Crippen LogP contribution < -0.4 is 0 Å². The number of nitrogens with zero attached hydrogens (tertiary/aromatic N) is 2. The summed E-state index contributed by atoms with van der Waals surface area (Å²) in [6.07, 6.45) is 5.52. The lowest BCUT2D eigenvalue weighted by molar-refractivity contribution is -0.145. The highest BCUT2D eigenvalue weighted by molar-refractivity contribution is 5.90. The van der Waals surface area contributed by atoms with E-state index in [-0.39, 0.29) is 36.4 Å². The van der Waals surface area contributed by atoms with Crippen LogP contribution in [0.2, 0.25) is 0 Å². The second-order valence-electron chi connectivity index (χ2n) is 5.97. The fourth-order valence-corrected chi connectivity index (χ4v) is 3.36. The fraction of sp³-hybridized carbons (Fsp3) is 0.857. The topological polar surface area (TPSA) is 60.9 Å². The molecule has 1 N–H and O–H groups in total. The third kappa shape index (κ3) is 2.36. The summed E-state index contributed by atoms with van der Waals surface area (Å²) in [4.78, 5) is 28.4. The molecule has 0 aromatic carbocycles. The van der Waals surface area contributed by atoms with E-state index < -0.39 is 0 Å². The van der Waals surface area contributed by atoms with Gasteiger partial charge in [0.05, 0.1) is 12.6 Å². The van der Waals surface area contributed by atoms with E-state index in [0.717, 1.165) is 51.6 Å². The van der Waals surface area contributed by atoms with Crippen molar-refractivity contribution in [3.63, 3.8) is 0 Å². The fourth-order valence-electron chi connectivity index (χ4n) is 3.36. The van der Waals surface area contributed by atoms with Crippen molar-refractivity contribution in [2.24, 2.45) is 5.92 Å². The van der Waals surface area contributed by atoms with Crippen molar-refractivity contribution >= 4 is 11.8 Å². The molecular weight excluding hydrogens is 244 g/mol. The molecule has 2 heterocycles. The van der Waals surface area contributed by atoms with Crippen LogP contribution in [0.15, 0.2) is 0 Å². The molecule has 1 saturated carbocycles. The minimum atomic E-state index is -0.264. The van der Waals surface area contributed by atoms with E-state index in [1.165, 1.54) is 0 Å². The van der Waals surface area contributed by atoms with Crippen LogP contribution in [-0.4, -0.2) is 58.5 Å². The van der Waals surface area contributed by atoms with Crippen LogP contribution in [0, 0.1) is 5.92 Å². The lowest BCUT2D eigenvalue weighted by Gasteiger charge is -2.30. The first-order valence-corrected chi connectivity index (χ1v) is 7.44. The van der Waals surface area contributed by atoms with Crippen molar-refractivity contribution in [2.45, 2.75) is 50.6 Å². The van der Waals surface area contributed by atoms with Crippen molar-refractivity contribution in [1.29, 1.82) is 0 Å². The molecule has 0 spiro atoms. The molecule has 2 aliphatic heterocycles. The normalized spacial score (nSPS) is 31.0. The quantitative estimate of drug-likeness (QED) is 0.803. The minimum Gasteiger partial charge on any atom is -0.394 e. The maximum Gasteiger partial charge on any atom is 0.245 e. The lowest BCUT2D eigenvalue weighted by atomic mass is 10.1. The second-order valence-corrected chi connectivity index (χ2v) is 5.97. The van der Waals surface area contributed by atoms with Gasteiger partial charge in [0.2, 0.25) is 11.8 Å². The molecule has 0 aromatic heterocycles. The summed E-state index contributed by atoms with van der Waals surface area (Å²) in [6.45, 7) is 1.49. The average Bonchev–Trinajstić information content (AvgIpc) is 2.98. The number of rotatable bonds is 3. The Labute approximate surface area is 113 Å². The molecule has 5 heteroatoms. The molecular formula is C14H22N2O3. The Bertz CT molecular complexity index is 381. The van der Waals surface area contributed by atoms with E-state index in [1.807, 2.05) is 0 Å². The molecule has 1 aliphatic carbocycles. The van der Waals surface area contributed by atoms with E-state index in [9.17, 15) is 14.7 Å². The zero-order chi connectivity index (χ0) is 13.4. The summed E-state index contributed by atoms with van der Waals surface area (Å²) in [5.74, 6) is 0.416. The Kier molecular flexibility index (Phi) is 3.48.